The number of rotatable bonds is 5. The molecule has 0 N–H and O–H groups in total. The molecule has 0 saturated heterocycles. The normalized spacial score (nSPS) is 13.6. The molecule has 2 heterocycles. The number of fused-ring (bicyclic) bond motifs is 1. The van der Waals surface area contributed by atoms with Crippen LogP contribution in [0.5, 0.6) is 11.5 Å². The van der Waals surface area contributed by atoms with Crippen molar-refractivity contribution in [2.45, 2.75) is 39.2 Å². The standard InChI is InChI=1S/C25H24F2N2O2/c1-3-25(26,27)21-7-10-22(11-8-21)31-23-9-6-18-12-13-29(16-20(18)14-23)24(30)19-5-4-17(2)28-15-19/h4-11,14-15H,3,12-13,16H2,1-2H3. The smallest absolute Gasteiger partial charge is 0.273 e. The summed E-state index contributed by atoms with van der Waals surface area (Å²) in [4.78, 5) is 18.8. The summed E-state index contributed by atoms with van der Waals surface area (Å²) >= 11 is 0. The highest BCUT2D eigenvalue weighted by atomic mass is 19.3. The van der Waals surface area contributed by atoms with Crippen LogP contribution >= 0.6 is 0 Å². The molecule has 0 radical (unpaired) electrons. The van der Waals surface area contributed by atoms with E-state index in [1.807, 2.05) is 31.2 Å². The van der Waals surface area contributed by atoms with Crippen LogP contribution in [0.3, 0.4) is 0 Å². The number of carbonyl (C=O) groups excluding carboxylic acids is 1. The molecule has 0 saturated carbocycles. The van der Waals surface area contributed by atoms with Crippen molar-refractivity contribution in [2.75, 3.05) is 6.54 Å². The number of aryl methyl sites for hydroxylation is 1. The lowest BCUT2D eigenvalue weighted by Crippen LogP contribution is -2.36. The van der Waals surface area contributed by atoms with E-state index in [9.17, 15) is 13.6 Å². The number of carbonyl (C=O) groups is 1. The number of aromatic nitrogens is 1. The first-order valence-electron chi connectivity index (χ1n) is 10.4. The van der Waals surface area contributed by atoms with Gasteiger partial charge < -0.3 is 9.64 Å². The van der Waals surface area contributed by atoms with Gasteiger partial charge in [0.25, 0.3) is 11.8 Å². The predicted molar refractivity (Wildman–Crippen MR) is 115 cm³/mol. The molecular weight excluding hydrogens is 398 g/mol. The fourth-order valence-electron chi connectivity index (χ4n) is 3.65. The second-order valence-electron chi connectivity index (χ2n) is 7.78. The molecule has 160 valence electrons. The van der Waals surface area contributed by atoms with Crippen LogP contribution in [0.15, 0.2) is 60.8 Å². The molecule has 1 amide bonds. The SMILES string of the molecule is CCC(F)(F)c1ccc(Oc2ccc3c(c2)CN(C(=O)c2ccc(C)nc2)CC3)cc1. The van der Waals surface area contributed by atoms with E-state index in [1.165, 1.54) is 24.6 Å². The Bertz CT molecular complexity index is 1080. The van der Waals surface area contributed by atoms with Crippen LogP contribution in [-0.4, -0.2) is 22.3 Å². The minimum absolute atomic E-state index is 0.0208. The molecule has 31 heavy (non-hydrogen) atoms. The van der Waals surface area contributed by atoms with Gasteiger partial charge in [-0.1, -0.05) is 13.0 Å². The fraction of sp³-hybridized carbons (Fsp3) is 0.280. The van der Waals surface area contributed by atoms with Gasteiger partial charge in [0, 0.05) is 37.0 Å². The van der Waals surface area contributed by atoms with Crippen LogP contribution in [-0.2, 0) is 18.9 Å². The molecule has 0 atom stereocenters. The number of benzene rings is 2. The maximum absolute atomic E-state index is 13.8. The van der Waals surface area contributed by atoms with E-state index in [4.69, 9.17) is 4.74 Å². The van der Waals surface area contributed by atoms with E-state index in [0.29, 0.717) is 30.2 Å². The Labute approximate surface area is 180 Å². The van der Waals surface area contributed by atoms with Crippen LogP contribution in [0.4, 0.5) is 8.78 Å². The Morgan fingerprint density at radius 2 is 1.81 bits per heavy atom. The number of hydrogen-bond donors (Lipinski definition) is 0. The van der Waals surface area contributed by atoms with Gasteiger partial charge in [0.15, 0.2) is 0 Å². The first-order chi connectivity index (χ1) is 14.9. The second kappa shape index (κ2) is 8.46. The maximum Gasteiger partial charge on any atom is 0.273 e. The quantitative estimate of drug-likeness (QED) is 0.515. The summed E-state index contributed by atoms with van der Waals surface area (Å²) in [6, 6.07) is 15.3. The van der Waals surface area contributed by atoms with Gasteiger partial charge in [-0.2, -0.15) is 0 Å². The van der Waals surface area contributed by atoms with Gasteiger partial charge in [-0.25, -0.2) is 8.78 Å². The third kappa shape index (κ3) is 4.58. The minimum atomic E-state index is -2.84. The van der Waals surface area contributed by atoms with Crippen molar-refractivity contribution >= 4 is 5.91 Å². The molecule has 3 aromatic rings. The molecule has 1 aliphatic heterocycles. The molecule has 0 fully saturated rings. The summed E-state index contributed by atoms with van der Waals surface area (Å²) in [5, 5.41) is 0. The highest BCUT2D eigenvalue weighted by molar-refractivity contribution is 5.94. The fourth-order valence-corrected chi connectivity index (χ4v) is 3.65. The number of alkyl halides is 2. The van der Waals surface area contributed by atoms with E-state index in [-0.39, 0.29) is 17.9 Å². The monoisotopic (exact) mass is 422 g/mol. The van der Waals surface area contributed by atoms with Gasteiger partial charge >= 0.3 is 0 Å². The Hall–Kier alpha value is -3.28. The van der Waals surface area contributed by atoms with E-state index >= 15 is 0 Å². The van der Waals surface area contributed by atoms with Crippen molar-refractivity contribution in [1.29, 1.82) is 0 Å². The van der Waals surface area contributed by atoms with E-state index in [2.05, 4.69) is 4.98 Å². The minimum Gasteiger partial charge on any atom is -0.457 e. The van der Waals surface area contributed by atoms with Gasteiger partial charge in [0.1, 0.15) is 11.5 Å². The lowest BCUT2D eigenvalue weighted by molar-refractivity contribution is -0.00831. The molecule has 2 aromatic carbocycles. The molecule has 1 aliphatic rings. The molecule has 4 rings (SSSR count). The number of hydrogen-bond acceptors (Lipinski definition) is 3. The third-order valence-corrected chi connectivity index (χ3v) is 5.59. The zero-order valence-electron chi connectivity index (χ0n) is 17.6. The van der Waals surface area contributed by atoms with Crippen molar-refractivity contribution in [3.63, 3.8) is 0 Å². The van der Waals surface area contributed by atoms with Crippen LogP contribution in [0.25, 0.3) is 0 Å². The van der Waals surface area contributed by atoms with Crippen LogP contribution in [0.1, 0.15) is 46.1 Å². The highest BCUT2D eigenvalue weighted by Crippen LogP contribution is 2.33. The molecular formula is C25H24F2N2O2. The summed E-state index contributed by atoms with van der Waals surface area (Å²) in [6.07, 6.45) is 2.13. The van der Waals surface area contributed by atoms with Gasteiger partial charge in [-0.15, -0.1) is 0 Å². The Morgan fingerprint density at radius 1 is 1.06 bits per heavy atom. The molecule has 0 bridgehead atoms. The molecule has 4 nitrogen and oxygen atoms in total. The van der Waals surface area contributed by atoms with Gasteiger partial charge in [-0.05, 0) is 73.0 Å². The van der Waals surface area contributed by atoms with Gasteiger partial charge in [0.2, 0.25) is 0 Å². The summed E-state index contributed by atoms with van der Waals surface area (Å²) in [6.45, 7) is 4.48. The summed E-state index contributed by atoms with van der Waals surface area (Å²) in [5.74, 6) is -1.78. The Morgan fingerprint density at radius 3 is 2.48 bits per heavy atom. The Balaban J connectivity index is 1.48. The molecule has 0 unspecified atom stereocenters. The zero-order chi connectivity index (χ0) is 22.0. The van der Waals surface area contributed by atoms with Crippen molar-refractivity contribution in [3.05, 3.63) is 88.7 Å². The average molecular weight is 422 g/mol. The lowest BCUT2D eigenvalue weighted by Gasteiger charge is -2.29. The Kier molecular flexibility index (Phi) is 5.72. The second-order valence-corrected chi connectivity index (χ2v) is 7.78. The molecule has 0 spiro atoms. The molecule has 0 aliphatic carbocycles. The number of ether oxygens (including phenoxy) is 1. The van der Waals surface area contributed by atoms with Crippen LogP contribution in [0.2, 0.25) is 0 Å². The first kappa shape index (κ1) is 21.0. The largest absolute Gasteiger partial charge is 0.457 e. The van der Waals surface area contributed by atoms with Gasteiger partial charge in [-0.3, -0.25) is 9.78 Å². The van der Waals surface area contributed by atoms with Crippen LogP contribution in [0, 0.1) is 6.92 Å². The molecule has 1 aromatic heterocycles. The predicted octanol–water partition coefficient (Wildman–Crippen LogP) is 5.88. The number of amides is 1. The summed E-state index contributed by atoms with van der Waals surface area (Å²) < 4.78 is 33.5. The van der Waals surface area contributed by atoms with E-state index < -0.39 is 5.92 Å². The zero-order valence-corrected chi connectivity index (χ0v) is 17.6. The number of pyridine rings is 1. The van der Waals surface area contributed by atoms with Gasteiger partial charge in [0.05, 0.1) is 5.56 Å². The van der Waals surface area contributed by atoms with Crippen LogP contribution < -0.4 is 4.74 Å². The third-order valence-electron chi connectivity index (χ3n) is 5.59. The topological polar surface area (TPSA) is 42.4 Å². The van der Waals surface area contributed by atoms with Crippen molar-refractivity contribution in [2.24, 2.45) is 0 Å². The van der Waals surface area contributed by atoms with Crippen molar-refractivity contribution < 1.29 is 18.3 Å². The average Bonchev–Trinajstić information content (AvgIpc) is 2.79. The number of halogens is 2. The maximum atomic E-state index is 13.8. The summed E-state index contributed by atoms with van der Waals surface area (Å²) in [5.41, 5.74) is 3.62. The van der Waals surface area contributed by atoms with Crippen molar-refractivity contribution in [3.8, 4) is 11.5 Å². The summed E-state index contributed by atoms with van der Waals surface area (Å²) in [7, 11) is 0. The van der Waals surface area contributed by atoms with E-state index in [1.54, 1.807) is 29.3 Å². The lowest BCUT2D eigenvalue weighted by atomic mass is 9.99. The number of nitrogens with zero attached hydrogens (tertiary/aromatic N) is 2. The first-order valence-corrected chi connectivity index (χ1v) is 10.4. The highest BCUT2D eigenvalue weighted by Gasteiger charge is 2.28. The van der Waals surface area contributed by atoms with E-state index in [0.717, 1.165) is 17.7 Å². The molecule has 6 heteroatoms. The van der Waals surface area contributed by atoms with Crippen molar-refractivity contribution in [1.82, 2.24) is 9.88 Å².